The summed E-state index contributed by atoms with van der Waals surface area (Å²) < 4.78 is 13.4. The molecule has 0 fully saturated rings. The zero-order valence-corrected chi connectivity index (χ0v) is 9.70. The van der Waals surface area contributed by atoms with Gasteiger partial charge in [0.15, 0.2) is 0 Å². The van der Waals surface area contributed by atoms with E-state index < -0.39 is 0 Å². The van der Waals surface area contributed by atoms with Crippen LogP contribution in [-0.4, -0.2) is 6.54 Å². The summed E-state index contributed by atoms with van der Waals surface area (Å²) in [6.45, 7) is 0.950. The van der Waals surface area contributed by atoms with E-state index in [4.69, 9.17) is 5.26 Å². The Morgan fingerprint density at radius 1 is 1.11 bits per heavy atom. The average Bonchev–Trinajstić information content (AvgIpc) is 2.85. The third kappa shape index (κ3) is 1.82. The molecule has 0 atom stereocenters. The number of rotatable bonds is 1. The van der Waals surface area contributed by atoms with Gasteiger partial charge in [0.1, 0.15) is 5.82 Å². The zero-order valence-electron chi connectivity index (χ0n) is 9.70. The predicted molar refractivity (Wildman–Crippen MR) is 68.7 cm³/mol. The van der Waals surface area contributed by atoms with E-state index in [2.05, 4.69) is 11.4 Å². The van der Waals surface area contributed by atoms with E-state index in [9.17, 15) is 4.39 Å². The number of nitriles is 1. The van der Waals surface area contributed by atoms with E-state index in [-0.39, 0.29) is 5.82 Å². The van der Waals surface area contributed by atoms with Gasteiger partial charge in [-0.15, -0.1) is 0 Å². The minimum absolute atomic E-state index is 0.351. The number of hydrogen-bond donors (Lipinski definition) is 1. The molecule has 1 heterocycles. The lowest BCUT2D eigenvalue weighted by molar-refractivity contribution is 0.628. The van der Waals surface area contributed by atoms with Gasteiger partial charge in [-0.05, 0) is 53.4 Å². The molecule has 0 unspecified atom stereocenters. The fourth-order valence-electron chi connectivity index (χ4n) is 2.31. The maximum Gasteiger partial charge on any atom is 0.125 e. The number of halogens is 1. The van der Waals surface area contributed by atoms with E-state index >= 15 is 0 Å². The van der Waals surface area contributed by atoms with Gasteiger partial charge in [0, 0.05) is 12.2 Å². The predicted octanol–water partition coefficient (Wildman–Crippen LogP) is 3.33. The van der Waals surface area contributed by atoms with Crippen LogP contribution in [0, 0.1) is 17.1 Å². The standard InChI is InChI=1S/C15H11FN2/c16-14-6-10(9-17)5-13(8-14)11-1-2-15-12(7-11)3-4-18-15/h1-2,5-8,18H,3-4H2. The van der Waals surface area contributed by atoms with Crippen molar-refractivity contribution in [2.24, 2.45) is 0 Å². The number of hydrogen-bond acceptors (Lipinski definition) is 2. The van der Waals surface area contributed by atoms with Crippen molar-refractivity contribution in [1.82, 2.24) is 0 Å². The van der Waals surface area contributed by atoms with Crippen molar-refractivity contribution < 1.29 is 4.39 Å². The summed E-state index contributed by atoms with van der Waals surface area (Å²) in [5.74, 6) is -0.373. The van der Waals surface area contributed by atoms with Crippen molar-refractivity contribution in [2.75, 3.05) is 11.9 Å². The van der Waals surface area contributed by atoms with E-state index in [1.54, 1.807) is 6.07 Å². The summed E-state index contributed by atoms with van der Waals surface area (Å²) in [4.78, 5) is 0. The first-order chi connectivity index (χ1) is 8.76. The molecule has 0 saturated heterocycles. The number of nitrogens with zero attached hydrogens (tertiary/aromatic N) is 1. The van der Waals surface area contributed by atoms with Crippen LogP contribution in [0.5, 0.6) is 0 Å². The number of fused-ring (bicyclic) bond motifs is 1. The van der Waals surface area contributed by atoms with Gasteiger partial charge in [-0.3, -0.25) is 0 Å². The summed E-state index contributed by atoms with van der Waals surface area (Å²) in [7, 11) is 0. The largest absolute Gasteiger partial charge is 0.384 e. The quantitative estimate of drug-likeness (QED) is 0.827. The van der Waals surface area contributed by atoms with Crippen LogP contribution in [0.25, 0.3) is 11.1 Å². The van der Waals surface area contributed by atoms with Gasteiger partial charge < -0.3 is 5.32 Å². The van der Waals surface area contributed by atoms with Crippen molar-refractivity contribution in [1.29, 1.82) is 5.26 Å². The molecule has 0 radical (unpaired) electrons. The SMILES string of the molecule is N#Cc1cc(F)cc(-c2ccc3c(c2)CCN3)c1. The first-order valence-electron chi connectivity index (χ1n) is 5.84. The monoisotopic (exact) mass is 238 g/mol. The normalized spacial score (nSPS) is 12.7. The van der Waals surface area contributed by atoms with Crippen LogP contribution in [-0.2, 0) is 6.42 Å². The average molecular weight is 238 g/mol. The van der Waals surface area contributed by atoms with E-state index in [1.807, 2.05) is 18.2 Å². The van der Waals surface area contributed by atoms with Gasteiger partial charge in [0.2, 0.25) is 0 Å². The van der Waals surface area contributed by atoms with Crippen molar-refractivity contribution in [3.8, 4) is 17.2 Å². The van der Waals surface area contributed by atoms with Gasteiger partial charge in [-0.25, -0.2) is 4.39 Å². The molecule has 0 bridgehead atoms. The topological polar surface area (TPSA) is 35.8 Å². The van der Waals surface area contributed by atoms with Crippen LogP contribution in [0.1, 0.15) is 11.1 Å². The minimum atomic E-state index is -0.373. The van der Waals surface area contributed by atoms with Gasteiger partial charge in [0.05, 0.1) is 11.6 Å². The van der Waals surface area contributed by atoms with E-state index in [1.165, 1.54) is 17.7 Å². The minimum Gasteiger partial charge on any atom is -0.384 e. The molecule has 0 saturated carbocycles. The molecular weight excluding hydrogens is 227 g/mol. The summed E-state index contributed by atoms with van der Waals surface area (Å²) in [6.07, 6.45) is 0.990. The maximum atomic E-state index is 13.4. The molecular formula is C15H11FN2. The highest BCUT2D eigenvalue weighted by atomic mass is 19.1. The van der Waals surface area contributed by atoms with Crippen LogP contribution in [0.2, 0.25) is 0 Å². The van der Waals surface area contributed by atoms with Gasteiger partial charge in [-0.2, -0.15) is 5.26 Å². The highest BCUT2D eigenvalue weighted by Crippen LogP contribution is 2.29. The van der Waals surface area contributed by atoms with E-state index in [0.29, 0.717) is 5.56 Å². The van der Waals surface area contributed by atoms with Gasteiger partial charge in [0.25, 0.3) is 0 Å². The number of benzene rings is 2. The second-order valence-corrected chi connectivity index (χ2v) is 4.39. The molecule has 18 heavy (non-hydrogen) atoms. The van der Waals surface area contributed by atoms with Crippen molar-refractivity contribution in [3.05, 3.63) is 53.3 Å². The third-order valence-electron chi connectivity index (χ3n) is 3.18. The van der Waals surface area contributed by atoms with Crippen molar-refractivity contribution in [2.45, 2.75) is 6.42 Å². The Kier molecular flexibility index (Phi) is 2.49. The highest BCUT2D eigenvalue weighted by Gasteiger charge is 2.11. The molecule has 0 spiro atoms. The lowest BCUT2D eigenvalue weighted by Crippen LogP contribution is -1.90. The lowest BCUT2D eigenvalue weighted by atomic mass is 10.00. The van der Waals surface area contributed by atoms with Crippen LogP contribution in [0.4, 0.5) is 10.1 Å². The lowest BCUT2D eigenvalue weighted by Gasteiger charge is -2.06. The third-order valence-corrected chi connectivity index (χ3v) is 3.18. The van der Waals surface area contributed by atoms with E-state index in [0.717, 1.165) is 29.8 Å². The first-order valence-corrected chi connectivity index (χ1v) is 5.84. The number of nitrogens with one attached hydrogen (secondary N) is 1. The molecule has 1 aliphatic heterocycles. The molecule has 0 aliphatic carbocycles. The fraction of sp³-hybridized carbons (Fsp3) is 0.133. The highest BCUT2D eigenvalue weighted by molar-refractivity contribution is 5.71. The smallest absolute Gasteiger partial charge is 0.125 e. The summed E-state index contributed by atoms with van der Waals surface area (Å²) in [5, 5.41) is 12.1. The second-order valence-electron chi connectivity index (χ2n) is 4.39. The molecule has 3 rings (SSSR count). The molecule has 2 nitrogen and oxygen atoms in total. The molecule has 88 valence electrons. The van der Waals surface area contributed by atoms with Gasteiger partial charge in [-0.1, -0.05) is 6.07 Å². The second kappa shape index (κ2) is 4.15. The Labute approximate surface area is 105 Å². The maximum absolute atomic E-state index is 13.4. The summed E-state index contributed by atoms with van der Waals surface area (Å²) in [5.41, 5.74) is 4.45. The van der Waals surface area contributed by atoms with Crippen LogP contribution >= 0.6 is 0 Å². The van der Waals surface area contributed by atoms with Crippen molar-refractivity contribution in [3.63, 3.8) is 0 Å². The Balaban J connectivity index is 2.10. The molecule has 1 aliphatic rings. The van der Waals surface area contributed by atoms with Crippen LogP contribution < -0.4 is 5.32 Å². The Hall–Kier alpha value is -2.34. The van der Waals surface area contributed by atoms with Crippen LogP contribution in [0.3, 0.4) is 0 Å². The fourth-order valence-corrected chi connectivity index (χ4v) is 2.31. The van der Waals surface area contributed by atoms with Crippen molar-refractivity contribution >= 4 is 5.69 Å². The Morgan fingerprint density at radius 2 is 2.00 bits per heavy atom. The zero-order chi connectivity index (χ0) is 12.5. The Bertz CT molecular complexity index is 656. The molecule has 2 aromatic rings. The molecule has 0 aromatic heterocycles. The molecule has 0 amide bonds. The molecule has 1 N–H and O–H groups in total. The van der Waals surface area contributed by atoms with Crippen LogP contribution in [0.15, 0.2) is 36.4 Å². The summed E-state index contributed by atoms with van der Waals surface area (Å²) in [6, 6.07) is 12.4. The Morgan fingerprint density at radius 3 is 2.83 bits per heavy atom. The molecule has 3 heteroatoms. The van der Waals surface area contributed by atoms with Gasteiger partial charge >= 0.3 is 0 Å². The first kappa shape index (κ1) is 10.8. The summed E-state index contributed by atoms with van der Waals surface area (Å²) >= 11 is 0. The number of anilines is 1. The molecule has 2 aromatic carbocycles.